The fraction of sp³-hybridized carbons (Fsp3) is 0.182. The lowest BCUT2D eigenvalue weighted by atomic mass is 10.2. The van der Waals surface area contributed by atoms with Crippen molar-refractivity contribution in [2.45, 2.75) is 24.8 Å². The Hall–Kier alpha value is -3.97. The number of sulfone groups is 1. The van der Waals surface area contributed by atoms with Crippen molar-refractivity contribution in [1.82, 2.24) is 29.3 Å². The van der Waals surface area contributed by atoms with Crippen molar-refractivity contribution < 1.29 is 12.8 Å². The molecular weight excluding hydrogens is 511 g/mol. The Balaban J connectivity index is 1.71. The molecule has 3 heterocycles. The maximum absolute atomic E-state index is 14.6. The summed E-state index contributed by atoms with van der Waals surface area (Å²) in [7, 11) is -3.58. The maximum atomic E-state index is 14.6. The highest BCUT2D eigenvalue weighted by atomic mass is 35.5. The fourth-order valence-electron chi connectivity index (χ4n) is 4.01. The number of benzene rings is 2. The summed E-state index contributed by atoms with van der Waals surface area (Å²) in [5, 5.41) is 10.6. The summed E-state index contributed by atoms with van der Waals surface area (Å²) in [5.41, 5.74) is 7.37. The van der Waals surface area contributed by atoms with Crippen LogP contribution in [-0.2, 0) is 9.84 Å². The van der Waals surface area contributed by atoms with Crippen LogP contribution in [0.5, 0.6) is 0 Å². The number of H-pyrrole nitrogens is 1. The number of nitrogens with two attached hydrogens (primary N) is 1. The third-order valence-corrected chi connectivity index (χ3v) is 7.08. The number of nitrogen functional groups attached to an aromatic ring is 1. The van der Waals surface area contributed by atoms with Gasteiger partial charge in [0.1, 0.15) is 11.3 Å². The van der Waals surface area contributed by atoms with E-state index in [2.05, 4.69) is 25.5 Å². The molecule has 14 heteroatoms. The van der Waals surface area contributed by atoms with E-state index < -0.39 is 21.3 Å². The molecule has 0 atom stereocenters. The number of hydrogen-bond acceptors (Lipinski definition) is 8. The Bertz CT molecular complexity index is 1840. The summed E-state index contributed by atoms with van der Waals surface area (Å²) >= 11 is 6.26. The highest BCUT2D eigenvalue weighted by Crippen LogP contribution is 2.31. The maximum Gasteiger partial charge on any atom is 0.335 e. The van der Waals surface area contributed by atoms with Crippen LogP contribution in [-0.4, -0.2) is 44.0 Å². The molecule has 5 rings (SSSR count). The normalized spacial score (nSPS) is 12.2. The van der Waals surface area contributed by atoms with Crippen LogP contribution in [0.1, 0.15) is 19.9 Å². The van der Waals surface area contributed by atoms with E-state index in [1.54, 1.807) is 18.3 Å². The topological polar surface area (TPSA) is 154 Å². The Morgan fingerprint density at radius 3 is 2.61 bits per heavy atom. The van der Waals surface area contributed by atoms with Crippen LogP contribution < -0.4 is 16.7 Å². The Morgan fingerprint density at radius 1 is 1.19 bits per heavy atom. The fourth-order valence-corrected chi connectivity index (χ4v) is 4.85. The number of halogens is 2. The summed E-state index contributed by atoms with van der Waals surface area (Å²) in [4.78, 5) is 22.1. The first kappa shape index (κ1) is 23.8. The van der Waals surface area contributed by atoms with Gasteiger partial charge >= 0.3 is 5.69 Å². The van der Waals surface area contributed by atoms with E-state index in [9.17, 15) is 17.6 Å². The molecule has 0 aliphatic rings. The second kappa shape index (κ2) is 8.31. The van der Waals surface area contributed by atoms with Crippen LogP contribution >= 0.6 is 11.6 Å². The zero-order chi connectivity index (χ0) is 25.9. The van der Waals surface area contributed by atoms with Crippen LogP contribution in [0.25, 0.3) is 27.8 Å². The van der Waals surface area contributed by atoms with Crippen LogP contribution in [0.3, 0.4) is 0 Å². The minimum absolute atomic E-state index is 0.0289. The van der Waals surface area contributed by atoms with Gasteiger partial charge in [-0.2, -0.15) is 15.1 Å². The average molecular weight is 531 g/mol. The third kappa shape index (κ3) is 3.76. The number of nitrogens with zero attached hydrogens (tertiary/aromatic N) is 5. The molecule has 0 bridgehead atoms. The lowest BCUT2D eigenvalue weighted by molar-refractivity contribution is 0.586. The van der Waals surface area contributed by atoms with Crippen LogP contribution in [0.15, 0.2) is 46.2 Å². The molecule has 0 aliphatic heterocycles. The molecule has 5 aromatic rings. The Labute approximate surface area is 208 Å². The van der Waals surface area contributed by atoms with Gasteiger partial charge in [0, 0.05) is 17.7 Å². The van der Waals surface area contributed by atoms with E-state index in [0.717, 1.165) is 12.3 Å². The van der Waals surface area contributed by atoms with Crippen molar-refractivity contribution in [2.75, 3.05) is 17.3 Å². The quantitative estimate of drug-likeness (QED) is 0.311. The van der Waals surface area contributed by atoms with E-state index >= 15 is 0 Å². The standard InChI is InChI=1S/C22H20ClFN8O3S/c1-10(2)31-20-18(32(22(31)33)16-7-5-13(23)17-12(16)9-26-30-17)19(25)28-21(29-20)27-15-6-4-11(8-14(15)24)36(3,34)35/h4-10H,1-3H3,(H,26,30)(H3,25,27,28,29). The zero-order valence-electron chi connectivity index (χ0n) is 19.2. The van der Waals surface area contributed by atoms with Gasteiger partial charge in [-0.05, 0) is 44.2 Å². The summed E-state index contributed by atoms with van der Waals surface area (Å²) in [6.07, 6.45) is 2.54. The molecule has 0 aliphatic carbocycles. The molecule has 0 radical (unpaired) electrons. The zero-order valence-corrected chi connectivity index (χ0v) is 20.8. The first-order valence-corrected chi connectivity index (χ1v) is 12.9. The van der Waals surface area contributed by atoms with Gasteiger partial charge in [-0.25, -0.2) is 17.6 Å². The number of hydrogen-bond donors (Lipinski definition) is 3. The van der Waals surface area contributed by atoms with Crippen molar-refractivity contribution in [2.24, 2.45) is 0 Å². The van der Waals surface area contributed by atoms with Gasteiger partial charge in [-0.15, -0.1) is 0 Å². The summed E-state index contributed by atoms with van der Waals surface area (Å²) in [6, 6.07) is 6.44. The lowest BCUT2D eigenvalue weighted by Crippen LogP contribution is -2.24. The molecule has 4 N–H and O–H groups in total. The molecule has 0 saturated heterocycles. The number of fused-ring (bicyclic) bond motifs is 2. The second-order valence-electron chi connectivity index (χ2n) is 8.45. The highest BCUT2D eigenvalue weighted by Gasteiger charge is 2.24. The third-order valence-electron chi connectivity index (χ3n) is 5.66. The summed E-state index contributed by atoms with van der Waals surface area (Å²) < 4.78 is 40.9. The number of rotatable bonds is 5. The van der Waals surface area contributed by atoms with Gasteiger partial charge in [0.15, 0.2) is 21.3 Å². The number of imidazole rings is 1. The van der Waals surface area contributed by atoms with E-state index in [-0.39, 0.29) is 39.6 Å². The molecular formula is C22H20ClFN8O3S. The molecule has 36 heavy (non-hydrogen) atoms. The minimum atomic E-state index is -3.58. The SMILES string of the molecule is CC(C)n1c(=O)n(-c2ccc(Cl)c3[nH]ncc23)c2c(N)nc(Nc3ccc(S(C)(=O)=O)cc3F)nc21. The van der Waals surface area contributed by atoms with E-state index in [0.29, 0.717) is 21.6 Å². The van der Waals surface area contributed by atoms with Crippen molar-refractivity contribution in [3.63, 3.8) is 0 Å². The number of nitrogens with one attached hydrogen (secondary N) is 2. The van der Waals surface area contributed by atoms with E-state index in [1.165, 1.54) is 21.3 Å². The molecule has 0 fully saturated rings. The summed E-state index contributed by atoms with van der Waals surface area (Å²) in [5.74, 6) is -0.914. The second-order valence-corrected chi connectivity index (χ2v) is 10.9. The van der Waals surface area contributed by atoms with E-state index in [1.807, 2.05) is 13.8 Å². The van der Waals surface area contributed by atoms with Gasteiger partial charge in [0.25, 0.3) is 0 Å². The minimum Gasteiger partial charge on any atom is -0.382 e. The van der Waals surface area contributed by atoms with Gasteiger partial charge in [0.2, 0.25) is 5.95 Å². The first-order valence-electron chi connectivity index (χ1n) is 10.7. The first-order chi connectivity index (χ1) is 17.0. The van der Waals surface area contributed by atoms with Crippen molar-refractivity contribution in [3.05, 3.63) is 57.9 Å². The monoisotopic (exact) mass is 530 g/mol. The number of aromatic amines is 1. The summed E-state index contributed by atoms with van der Waals surface area (Å²) in [6.45, 7) is 3.63. The molecule has 0 spiro atoms. The van der Waals surface area contributed by atoms with Crippen LogP contribution in [0.4, 0.5) is 21.8 Å². The van der Waals surface area contributed by atoms with Crippen molar-refractivity contribution >= 4 is 61.0 Å². The predicted octanol–water partition coefficient (Wildman–Crippen LogP) is 3.56. The van der Waals surface area contributed by atoms with E-state index in [4.69, 9.17) is 17.3 Å². The molecule has 186 valence electrons. The lowest BCUT2D eigenvalue weighted by Gasteiger charge is -2.10. The molecule has 0 unspecified atom stereocenters. The molecule has 2 aromatic carbocycles. The van der Waals surface area contributed by atoms with Gasteiger partial charge in [0.05, 0.1) is 33.0 Å². The number of anilines is 3. The Kier molecular flexibility index (Phi) is 5.48. The molecule has 0 saturated carbocycles. The highest BCUT2D eigenvalue weighted by molar-refractivity contribution is 7.90. The van der Waals surface area contributed by atoms with Gasteiger partial charge in [-0.1, -0.05) is 11.6 Å². The van der Waals surface area contributed by atoms with Crippen LogP contribution in [0, 0.1) is 5.82 Å². The molecule has 3 aromatic heterocycles. The molecule has 0 amide bonds. The Morgan fingerprint density at radius 2 is 1.94 bits per heavy atom. The predicted molar refractivity (Wildman–Crippen MR) is 135 cm³/mol. The van der Waals surface area contributed by atoms with Gasteiger partial charge in [-0.3, -0.25) is 14.2 Å². The molecule has 11 nitrogen and oxygen atoms in total. The van der Waals surface area contributed by atoms with Crippen molar-refractivity contribution in [1.29, 1.82) is 0 Å². The average Bonchev–Trinajstić information content (AvgIpc) is 3.39. The number of aromatic nitrogens is 6. The smallest absolute Gasteiger partial charge is 0.335 e. The van der Waals surface area contributed by atoms with Crippen LogP contribution in [0.2, 0.25) is 5.02 Å². The van der Waals surface area contributed by atoms with Gasteiger partial charge < -0.3 is 11.1 Å². The van der Waals surface area contributed by atoms with Crippen molar-refractivity contribution in [3.8, 4) is 5.69 Å². The largest absolute Gasteiger partial charge is 0.382 e.